The molecule has 1 atom stereocenters. The van der Waals surface area contributed by atoms with E-state index in [1.165, 1.54) is 31.3 Å². The lowest BCUT2D eigenvalue weighted by atomic mass is 9.98. The van der Waals surface area contributed by atoms with Crippen molar-refractivity contribution in [1.82, 2.24) is 20.7 Å². The number of carbonyl (C=O) groups excluding carboxylic acids is 3. The number of carbonyl (C=O) groups is 3. The zero-order chi connectivity index (χ0) is 29.6. The molecular weight excluding hydrogens is 602 g/mol. The summed E-state index contributed by atoms with van der Waals surface area (Å²) in [4.78, 5) is 42.2. The van der Waals surface area contributed by atoms with Crippen molar-refractivity contribution in [2.75, 3.05) is 14.2 Å². The second kappa shape index (κ2) is 14.0. The summed E-state index contributed by atoms with van der Waals surface area (Å²) in [6, 6.07) is 9.78. The monoisotopic (exact) mass is 626 g/mol. The number of halogens is 4. The van der Waals surface area contributed by atoms with Crippen LogP contribution in [0.2, 0.25) is 20.1 Å². The number of aromatic nitrogens is 1. The maximum atomic E-state index is 13.2. The van der Waals surface area contributed by atoms with E-state index in [9.17, 15) is 14.4 Å². The van der Waals surface area contributed by atoms with Gasteiger partial charge < -0.3 is 14.8 Å². The third kappa shape index (κ3) is 7.99. The Morgan fingerprint density at radius 2 is 1.48 bits per heavy atom. The van der Waals surface area contributed by atoms with E-state index in [-0.39, 0.29) is 23.6 Å². The lowest BCUT2D eigenvalue weighted by molar-refractivity contribution is -0.134. The zero-order valence-electron chi connectivity index (χ0n) is 21.9. The van der Waals surface area contributed by atoms with Gasteiger partial charge in [-0.3, -0.25) is 19.8 Å². The molecule has 0 bridgehead atoms. The van der Waals surface area contributed by atoms with Crippen LogP contribution < -0.4 is 20.2 Å². The predicted octanol–water partition coefficient (Wildman–Crippen LogP) is 5.89. The van der Waals surface area contributed by atoms with Crippen LogP contribution in [0, 0.1) is 0 Å². The molecule has 1 heterocycles. The Balaban J connectivity index is 1.85. The zero-order valence-corrected chi connectivity index (χ0v) is 25.0. The Kier molecular flexibility index (Phi) is 11.0. The number of amides is 2. The molecule has 212 valence electrons. The molecule has 13 heteroatoms. The molecule has 3 rings (SSSR count). The van der Waals surface area contributed by atoms with Gasteiger partial charge in [-0.2, -0.15) is 0 Å². The summed E-state index contributed by atoms with van der Waals surface area (Å²) < 4.78 is 10.5. The predicted molar refractivity (Wildman–Crippen MR) is 154 cm³/mol. The molecule has 0 saturated heterocycles. The van der Waals surface area contributed by atoms with Crippen molar-refractivity contribution in [3.63, 3.8) is 0 Å². The van der Waals surface area contributed by atoms with Crippen molar-refractivity contribution in [2.45, 2.75) is 32.4 Å². The molecule has 3 aromatic rings. The average Bonchev–Trinajstić information content (AvgIpc) is 2.87. The van der Waals surface area contributed by atoms with Crippen LogP contribution in [0.15, 0.2) is 48.7 Å². The fourth-order valence-corrected chi connectivity index (χ4v) is 4.89. The largest absolute Gasteiger partial charge is 0.493 e. The third-order valence-electron chi connectivity index (χ3n) is 5.62. The van der Waals surface area contributed by atoms with Gasteiger partial charge >= 0.3 is 5.97 Å². The molecule has 2 aromatic carbocycles. The van der Waals surface area contributed by atoms with Crippen LogP contribution in [0.25, 0.3) is 0 Å². The molecule has 0 aliphatic heterocycles. The van der Waals surface area contributed by atoms with Crippen molar-refractivity contribution in [3.05, 3.63) is 85.6 Å². The van der Waals surface area contributed by atoms with Gasteiger partial charge in [-0.15, -0.1) is 0 Å². The van der Waals surface area contributed by atoms with Gasteiger partial charge in [-0.25, -0.2) is 9.99 Å². The van der Waals surface area contributed by atoms with Crippen LogP contribution in [0.3, 0.4) is 0 Å². The van der Waals surface area contributed by atoms with Crippen molar-refractivity contribution in [3.8, 4) is 11.5 Å². The molecule has 0 spiro atoms. The van der Waals surface area contributed by atoms with Crippen molar-refractivity contribution in [2.24, 2.45) is 0 Å². The summed E-state index contributed by atoms with van der Waals surface area (Å²) in [5.41, 5.74) is 3.86. The molecule has 0 aliphatic carbocycles. The van der Waals surface area contributed by atoms with Gasteiger partial charge in [0.1, 0.15) is 6.04 Å². The van der Waals surface area contributed by atoms with Gasteiger partial charge in [0.2, 0.25) is 5.75 Å². The lowest BCUT2D eigenvalue weighted by Gasteiger charge is -2.31. The summed E-state index contributed by atoms with van der Waals surface area (Å²) in [7, 11) is 3.00. The first-order chi connectivity index (χ1) is 18.9. The van der Waals surface area contributed by atoms with E-state index < -0.39 is 29.9 Å². The highest BCUT2D eigenvalue weighted by Crippen LogP contribution is 2.34. The van der Waals surface area contributed by atoms with Crippen LogP contribution in [0.5, 0.6) is 11.5 Å². The minimum Gasteiger partial charge on any atom is -0.493 e. The van der Waals surface area contributed by atoms with Gasteiger partial charge in [0.25, 0.3) is 11.8 Å². The van der Waals surface area contributed by atoms with Gasteiger partial charge in [-0.1, -0.05) is 53.3 Å². The number of methoxy groups -OCH3 is 1. The quantitative estimate of drug-likeness (QED) is 0.213. The number of esters is 1. The molecule has 0 unspecified atom stereocenters. The van der Waals surface area contributed by atoms with E-state index in [2.05, 4.69) is 15.7 Å². The molecule has 0 saturated carbocycles. The number of rotatable bonds is 10. The fourth-order valence-electron chi connectivity index (χ4n) is 3.81. The van der Waals surface area contributed by atoms with Crippen molar-refractivity contribution in [1.29, 1.82) is 0 Å². The summed E-state index contributed by atoms with van der Waals surface area (Å²) >= 11 is 25.0. The number of ether oxygens (including phenoxy) is 2. The molecule has 2 N–H and O–H groups in total. The van der Waals surface area contributed by atoms with Crippen LogP contribution in [0.1, 0.15) is 47.9 Å². The highest BCUT2D eigenvalue weighted by molar-refractivity contribution is 6.35. The molecule has 40 heavy (non-hydrogen) atoms. The number of hydrazine groups is 1. The second-order valence-electron chi connectivity index (χ2n) is 8.61. The van der Waals surface area contributed by atoms with E-state index in [0.29, 0.717) is 31.2 Å². The van der Waals surface area contributed by atoms with E-state index in [1.54, 1.807) is 50.4 Å². The number of hydrogen-bond acceptors (Lipinski definition) is 7. The average molecular weight is 628 g/mol. The first-order valence-corrected chi connectivity index (χ1v) is 13.4. The first kappa shape index (κ1) is 31.4. The van der Waals surface area contributed by atoms with E-state index in [0.717, 1.165) is 0 Å². The van der Waals surface area contributed by atoms with Crippen LogP contribution in [-0.2, 0) is 9.59 Å². The van der Waals surface area contributed by atoms with Gasteiger partial charge in [0.15, 0.2) is 11.4 Å². The SMILES string of the molecule is CCC(=O)Oc1c(OC)ccnc1C(=O)N[C@@H](C)C(=O)NN(C)C(c1cc(Cl)cc(Cl)c1)c1cc(Cl)cc(Cl)c1. The molecule has 0 aliphatic rings. The Bertz CT molecular complexity index is 1330. The van der Waals surface area contributed by atoms with Gasteiger partial charge in [0, 0.05) is 45.8 Å². The van der Waals surface area contributed by atoms with E-state index >= 15 is 0 Å². The van der Waals surface area contributed by atoms with Crippen LogP contribution >= 0.6 is 46.4 Å². The second-order valence-corrected chi connectivity index (χ2v) is 10.4. The Hall–Kier alpha value is -3.08. The Morgan fingerprint density at radius 1 is 0.950 bits per heavy atom. The normalized spacial score (nSPS) is 11.8. The molecule has 9 nitrogen and oxygen atoms in total. The van der Waals surface area contributed by atoms with Crippen molar-refractivity contribution < 1.29 is 23.9 Å². The molecule has 0 fully saturated rings. The number of nitrogens with zero attached hydrogens (tertiary/aromatic N) is 2. The molecule has 2 amide bonds. The number of benzene rings is 2. The molecular formula is C27H26Cl4N4O5. The summed E-state index contributed by atoms with van der Waals surface area (Å²) in [5, 5.41) is 5.67. The summed E-state index contributed by atoms with van der Waals surface area (Å²) in [6.45, 7) is 3.09. The molecule has 0 radical (unpaired) electrons. The fraction of sp³-hybridized carbons (Fsp3) is 0.259. The van der Waals surface area contributed by atoms with Crippen LogP contribution in [-0.4, -0.2) is 48.0 Å². The van der Waals surface area contributed by atoms with E-state index in [1.807, 2.05) is 0 Å². The van der Waals surface area contributed by atoms with Gasteiger partial charge in [0.05, 0.1) is 13.2 Å². The summed E-state index contributed by atoms with van der Waals surface area (Å²) in [5.74, 6) is -1.89. The smallest absolute Gasteiger partial charge is 0.311 e. The van der Waals surface area contributed by atoms with Gasteiger partial charge in [-0.05, 0) is 54.4 Å². The minimum absolute atomic E-state index is 0.0705. The Morgan fingerprint density at radius 3 is 1.95 bits per heavy atom. The number of hydrogen-bond donors (Lipinski definition) is 2. The van der Waals surface area contributed by atoms with Crippen molar-refractivity contribution >= 4 is 64.2 Å². The van der Waals surface area contributed by atoms with Crippen LogP contribution in [0.4, 0.5) is 0 Å². The standard InChI is InChI=1S/C27H26Cl4N4O5/c1-5-22(36)40-25-21(39-4)6-7-32-23(25)27(38)33-14(2)26(37)34-35(3)24(15-8-17(28)12-18(29)9-15)16-10-19(30)13-20(31)11-16/h6-14,24H,5H2,1-4H3,(H,33,38)(H,34,37)/t14-/m0/s1. The minimum atomic E-state index is -1.04. The molecule has 1 aromatic heterocycles. The highest BCUT2D eigenvalue weighted by Gasteiger charge is 2.27. The maximum Gasteiger partial charge on any atom is 0.311 e. The van der Waals surface area contributed by atoms with E-state index in [4.69, 9.17) is 55.9 Å². The lowest BCUT2D eigenvalue weighted by Crippen LogP contribution is -2.51. The first-order valence-electron chi connectivity index (χ1n) is 11.9. The number of pyridine rings is 1. The maximum absolute atomic E-state index is 13.2. The third-order valence-corrected chi connectivity index (χ3v) is 6.50. The Labute approximate surface area is 251 Å². The topological polar surface area (TPSA) is 110 Å². The summed E-state index contributed by atoms with van der Waals surface area (Å²) in [6.07, 6.45) is 1.40. The number of nitrogens with one attached hydrogen (secondary N) is 2. The highest BCUT2D eigenvalue weighted by atomic mass is 35.5.